The number of likely N-dealkylation sites (tertiary alicyclic amines) is 1. The number of hydrogen-bond acceptors (Lipinski definition) is 3. The largest absolute Gasteiger partial charge is 0.480 e. The van der Waals surface area contributed by atoms with E-state index in [1.165, 1.54) is 17.7 Å². The summed E-state index contributed by atoms with van der Waals surface area (Å²) in [5.74, 6) is 0.307. The molecular weight excluding hydrogens is 258 g/mol. The molecular formula is C15H25NO4. The van der Waals surface area contributed by atoms with Gasteiger partial charge in [0.05, 0.1) is 0 Å². The molecule has 1 saturated heterocycles. The summed E-state index contributed by atoms with van der Waals surface area (Å²) in [5.41, 5.74) is -0.592. The third kappa shape index (κ3) is 4.12. The zero-order valence-corrected chi connectivity index (χ0v) is 12.6. The molecule has 0 aromatic carbocycles. The molecule has 0 radical (unpaired) electrons. The highest BCUT2D eigenvalue weighted by Gasteiger charge is 2.39. The zero-order valence-electron chi connectivity index (χ0n) is 12.6. The van der Waals surface area contributed by atoms with Crippen molar-refractivity contribution in [3.63, 3.8) is 0 Å². The van der Waals surface area contributed by atoms with Gasteiger partial charge >= 0.3 is 12.1 Å². The van der Waals surface area contributed by atoms with Crippen molar-refractivity contribution < 1.29 is 19.4 Å². The van der Waals surface area contributed by atoms with Crippen molar-refractivity contribution in [3.8, 4) is 0 Å². The third-order valence-electron chi connectivity index (χ3n) is 3.99. The van der Waals surface area contributed by atoms with Crippen molar-refractivity contribution in [3.05, 3.63) is 0 Å². The number of carbonyl (C=O) groups excluding carboxylic acids is 1. The Hall–Kier alpha value is -1.26. The number of carboxylic acid groups (broad SMARTS) is 1. The molecule has 0 aromatic rings. The summed E-state index contributed by atoms with van der Waals surface area (Å²) in [5, 5.41) is 9.37. The van der Waals surface area contributed by atoms with Crippen LogP contribution < -0.4 is 0 Å². The molecule has 114 valence electrons. The van der Waals surface area contributed by atoms with E-state index >= 15 is 0 Å². The van der Waals surface area contributed by atoms with Crippen molar-refractivity contribution in [2.75, 3.05) is 6.54 Å². The number of aliphatic carboxylic acids is 1. The summed E-state index contributed by atoms with van der Waals surface area (Å²) in [6.07, 6.45) is 4.62. The number of rotatable bonds is 3. The molecule has 1 aliphatic heterocycles. The normalized spacial score (nSPS) is 27.2. The quantitative estimate of drug-likeness (QED) is 0.864. The van der Waals surface area contributed by atoms with Crippen LogP contribution in [0.15, 0.2) is 0 Å². The van der Waals surface area contributed by atoms with Gasteiger partial charge in [0.25, 0.3) is 0 Å². The fourth-order valence-electron chi connectivity index (χ4n) is 2.85. The number of carboxylic acids is 1. The molecule has 1 heterocycles. The molecule has 1 saturated carbocycles. The summed E-state index contributed by atoms with van der Waals surface area (Å²) in [6, 6.07) is -0.734. The second-order valence-electron chi connectivity index (χ2n) is 7.10. The molecule has 0 unspecified atom stereocenters. The molecule has 1 N–H and O–H groups in total. The van der Waals surface area contributed by atoms with Crippen molar-refractivity contribution in [1.82, 2.24) is 4.90 Å². The van der Waals surface area contributed by atoms with Gasteiger partial charge in [-0.1, -0.05) is 12.8 Å². The predicted molar refractivity (Wildman–Crippen MR) is 74.4 cm³/mol. The highest BCUT2D eigenvalue weighted by atomic mass is 16.6. The number of ether oxygens (including phenoxy) is 1. The lowest BCUT2D eigenvalue weighted by Gasteiger charge is -2.38. The van der Waals surface area contributed by atoms with Crippen LogP contribution >= 0.6 is 0 Å². The van der Waals surface area contributed by atoms with Crippen LogP contribution in [0.25, 0.3) is 0 Å². The van der Waals surface area contributed by atoms with Crippen LogP contribution in [0, 0.1) is 11.8 Å². The maximum absolute atomic E-state index is 12.1. The summed E-state index contributed by atoms with van der Waals surface area (Å²) < 4.78 is 5.31. The van der Waals surface area contributed by atoms with E-state index in [4.69, 9.17) is 4.74 Å². The summed E-state index contributed by atoms with van der Waals surface area (Å²) >= 11 is 0. The summed E-state index contributed by atoms with van der Waals surface area (Å²) in [7, 11) is 0. The highest BCUT2D eigenvalue weighted by Crippen LogP contribution is 2.39. The van der Waals surface area contributed by atoms with E-state index in [1.54, 1.807) is 20.8 Å². The van der Waals surface area contributed by atoms with Gasteiger partial charge in [0, 0.05) is 6.54 Å². The predicted octanol–water partition coefficient (Wildman–Crippen LogP) is 2.89. The maximum atomic E-state index is 12.1. The van der Waals surface area contributed by atoms with Gasteiger partial charge in [-0.2, -0.15) is 0 Å². The minimum absolute atomic E-state index is 0.433. The number of nitrogens with zero attached hydrogens (tertiary/aromatic N) is 1. The minimum Gasteiger partial charge on any atom is -0.480 e. The van der Waals surface area contributed by atoms with Gasteiger partial charge in [-0.05, 0) is 51.9 Å². The monoisotopic (exact) mass is 283 g/mol. The van der Waals surface area contributed by atoms with Gasteiger partial charge in [0.2, 0.25) is 0 Å². The zero-order chi connectivity index (χ0) is 14.9. The van der Waals surface area contributed by atoms with Crippen LogP contribution in [0.5, 0.6) is 0 Å². The van der Waals surface area contributed by atoms with Crippen LogP contribution in [0.1, 0.15) is 52.9 Å². The van der Waals surface area contributed by atoms with Gasteiger partial charge in [-0.15, -0.1) is 0 Å². The molecule has 5 heteroatoms. The minimum atomic E-state index is -0.920. The molecule has 2 fully saturated rings. The number of hydrogen-bond donors (Lipinski definition) is 1. The lowest BCUT2D eigenvalue weighted by Crippen LogP contribution is -2.51. The maximum Gasteiger partial charge on any atom is 0.411 e. The smallest absolute Gasteiger partial charge is 0.411 e. The topological polar surface area (TPSA) is 66.8 Å². The molecule has 0 bridgehead atoms. The summed E-state index contributed by atoms with van der Waals surface area (Å²) in [4.78, 5) is 24.9. The molecule has 20 heavy (non-hydrogen) atoms. The first-order chi connectivity index (χ1) is 9.26. The molecule has 0 spiro atoms. The van der Waals surface area contributed by atoms with Crippen LogP contribution in [0.3, 0.4) is 0 Å². The van der Waals surface area contributed by atoms with E-state index in [9.17, 15) is 14.7 Å². The lowest BCUT2D eigenvalue weighted by molar-refractivity contribution is -0.145. The molecule has 1 aliphatic carbocycles. The van der Waals surface area contributed by atoms with E-state index in [0.717, 1.165) is 18.8 Å². The molecule has 2 atom stereocenters. The van der Waals surface area contributed by atoms with Crippen LogP contribution in [-0.4, -0.2) is 40.3 Å². The number of piperidine rings is 1. The Balaban J connectivity index is 1.97. The number of amides is 1. The van der Waals surface area contributed by atoms with Crippen LogP contribution in [0.4, 0.5) is 4.79 Å². The Bertz CT molecular complexity index is 384. The lowest BCUT2D eigenvalue weighted by atomic mass is 9.87. The Kier molecular flexibility index (Phi) is 4.25. The highest BCUT2D eigenvalue weighted by molar-refractivity contribution is 5.80. The third-order valence-corrected chi connectivity index (χ3v) is 3.99. The Morgan fingerprint density at radius 2 is 1.85 bits per heavy atom. The second-order valence-corrected chi connectivity index (χ2v) is 7.10. The first kappa shape index (κ1) is 15.1. The molecule has 2 aliphatic rings. The van der Waals surface area contributed by atoms with Gasteiger partial charge in [-0.3, -0.25) is 4.90 Å². The molecule has 2 rings (SSSR count). The fraction of sp³-hybridized carbons (Fsp3) is 0.867. The van der Waals surface area contributed by atoms with Crippen molar-refractivity contribution in [2.45, 2.75) is 64.5 Å². The first-order valence-electron chi connectivity index (χ1n) is 7.48. The van der Waals surface area contributed by atoms with E-state index in [-0.39, 0.29) is 0 Å². The van der Waals surface area contributed by atoms with Gasteiger partial charge in [-0.25, -0.2) is 9.59 Å². The summed E-state index contributed by atoms with van der Waals surface area (Å²) in [6.45, 7) is 5.87. The molecule has 0 aromatic heterocycles. The van der Waals surface area contributed by atoms with E-state index in [0.29, 0.717) is 18.9 Å². The molecule has 5 nitrogen and oxygen atoms in total. The van der Waals surface area contributed by atoms with E-state index in [1.807, 2.05) is 0 Å². The standard InChI is InChI=1S/C15H25NO4/c1-15(2,3)20-14(19)16-7-6-11(8-10-4-5-10)9-12(16)13(17)18/h10-12H,4-9H2,1-3H3,(H,17,18)/t11-,12+/m1/s1. The van der Waals surface area contributed by atoms with E-state index in [2.05, 4.69) is 0 Å². The van der Waals surface area contributed by atoms with Gasteiger partial charge in [0.1, 0.15) is 11.6 Å². The Morgan fingerprint density at radius 1 is 1.20 bits per heavy atom. The van der Waals surface area contributed by atoms with E-state index < -0.39 is 23.7 Å². The first-order valence-corrected chi connectivity index (χ1v) is 7.48. The Labute approximate surface area is 120 Å². The van der Waals surface area contributed by atoms with Crippen molar-refractivity contribution in [1.29, 1.82) is 0 Å². The average molecular weight is 283 g/mol. The fourth-order valence-corrected chi connectivity index (χ4v) is 2.85. The van der Waals surface area contributed by atoms with Gasteiger partial charge in [0.15, 0.2) is 0 Å². The van der Waals surface area contributed by atoms with Crippen LogP contribution in [0.2, 0.25) is 0 Å². The van der Waals surface area contributed by atoms with Crippen LogP contribution in [-0.2, 0) is 9.53 Å². The average Bonchev–Trinajstić information content (AvgIpc) is 3.10. The second kappa shape index (κ2) is 5.62. The SMILES string of the molecule is CC(C)(C)OC(=O)N1CC[C@H](CC2CC2)C[C@H]1C(=O)O. The van der Waals surface area contributed by atoms with Gasteiger partial charge < -0.3 is 9.84 Å². The Morgan fingerprint density at radius 3 is 2.35 bits per heavy atom. The number of carbonyl (C=O) groups is 2. The molecule has 1 amide bonds. The van der Waals surface area contributed by atoms with Crippen molar-refractivity contribution >= 4 is 12.1 Å². The van der Waals surface area contributed by atoms with Crippen molar-refractivity contribution in [2.24, 2.45) is 11.8 Å².